The second kappa shape index (κ2) is 6.00. The van der Waals surface area contributed by atoms with Gasteiger partial charge in [-0.15, -0.1) is 0 Å². The number of carbonyl (C=O) groups is 1. The van der Waals surface area contributed by atoms with E-state index in [9.17, 15) is 9.59 Å². The lowest BCUT2D eigenvalue weighted by molar-refractivity contribution is 0.0970. The number of methoxy groups -OCH3 is 1. The van der Waals surface area contributed by atoms with E-state index in [1.807, 2.05) is 6.92 Å². The first kappa shape index (κ1) is 14.5. The van der Waals surface area contributed by atoms with Crippen molar-refractivity contribution in [2.75, 3.05) is 7.11 Å². The van der Waals surface area contributed by atoms with E-state index >= 15 is 0 Å². The van der Waals surface area contributed by atoms with Crippen LogP contribution < -0.4 is 10.4 Å². The van der Waals surface area contributed by atoms with E-state index < -0.39 is 5.69 Å². The maximum absolute atomic E-state index is 12.2. The highest BCUT2D eigenvalue weighted by Gasteiger charge is 2.11. The second-order valence-electron chi connectivity index (χ2n) is 4.31. The van der Waals surface area contributed by atoms with Crippen LogP contribution in [0.5, 0.6) is 5.75 Å². The molecule has 0 saturated heterocycles. The average Bonchev–Trinajstić information content (AvgIpc) is 2.42. The van der Waals surface area contributed by atoms with Crippen molar-refractivity contribution in [3.05, 3.63) is 56.7 Å². The summed E-state index contributed by atoms with van der Waals surface area (Å²) in [5.74, 6) is 0.485. The summed E-state index contributed by atoms with van der Waals surface area (Å²) in [4.78, 5) is 27.5. The summed E-state index contributed by atoms with van der Waals surface area (Å²) in [7, 11) is 1.56. The van der Waals surface area contributed by atoms with Gasteiger partial charge < -0.3 is 4.74 Å². The van der Waals surface area contributed by atoms with Crippen LogP contribution in [0.2, 0.25) is 0 Å². The third kappa shape index (κ3) is 3.14. The van der Waals surface area contributed by atoms with Crippen molar-refractivity contribution in [1.82, 2.24) is 9.55 Å². The summed E-state index contributed by atoms with van der Waals surface area (Å²) < 4.78 is 7.11. The van der Waals surface area contributed by atoms with Gasteiger partial charge >= 0.3 is 5.69 Å². The van der Waals surface area contributed by atoms with Crippen LogP contribution in [0.25, 0.3) is 0 Å². The Hall–Kier alpha value is -1.95. The summed E-state index contributed by atoms with van der Waals surface area (Å²) in [6.07, 6.45) is 3.10. The van der Waals surface area contributed by atoms with Crippen LogP contribution in [0, 0.1) is 6.92 Å². The zero-order chi connectivity index (χ0) is 14.7. The number of ketones is 1. The molecule has 0 saturated carbocycles. The molecule has 1 heterocycles. The first-order valence-corrected chi connectivity index (χ1v) is 6.70. The standard InChI is InChI=1S/C14H13BrN2O3/c1-9-6-16-14(19)17(7-9)8-12(18)10-3-4-13(20-2)11(15)5-10/h3-7H,8H2,1-2H3. The van der Waals surface area contributed by atoms with Crippen LogP contribution in [-0.4, -0.2) is 22.4 Å². The zero-order valence-corrected chi connectivity index (χ0v) is 12.7. The molecule has 2 aromatic rings. The van der Waals surface area contributed by atoms with Gasteiger partial charge in [0.05, 0.1) is 18.1 Å². The van der Waals surface area contributed by atoms with Gasteiger partial charge in [-0.1, -0.05) is 0 Å². The number of aryl methyl sites for hydroxylation is 1. The van der Waals surface area contributed by atoms with Gasteiger partial charge in [-0.2, -0.15) is 0 Å². The Kier molecular flexibility index (Phi) is 4.34. The van der Waals surface area contributed by atoms with Crippen LogP contribution in [-0.2, 0) is 6.54 Å². The number of carbonyl (C=O) groups excluding carboxylic acids is 1. The Labute approximate surface area is 124 Å². The minimum absolute atomic E-state index is 0.0354. The normalized spacial score (nSPS) is 10.3. The fourth-order valence-electron chi connectivity index (χ4n) is 1.76. The van der Waals surface area contributed by atoms with E-state index in [0.717, 1.165) is 5.56 Å². The third-order valence-electron chi connectivity index (χ3n) is 2.77. The predicted octanol–water partition coefficient (Wildman–Crippen LogP) is 2.21. The molecular weight excluding hydrogens is 324 g/mol. The lowest BCUT2D eigenvalue weighted by Gasteiger charge is -2.07. The molecule has 0 atom stereocenters. The lowest BCUT2D eigenvalue weighted by atomic mass is 10.1. The Bertz CT molecular complexity index is 710. The molecule has 0 radical (unpaired) electrons. The van der Waals surface area contributed by atoms with Gasteiger partial charge in [0.15, 0.2) is 5.78 Å². The Morgan fingerprint density at radius 1 is 1.45 bits per heavy atom. The molecule has 0 fully saturated rings. The number of hydrogen-bond acceptors (Lipinski definition) is 4. The van der Waals surface area contributed by atoms with Crippen molar-refractivity contribution in [2.24, 2.45) is 0 Å². The van der Waals surface area contributed by atoms with Gasteiger partial charge in [-0.05, 0) is 46.6 Å². The van der Waals surface area contributed by atoms with Crippen LogP contribution in [0.1, 0.15) is 15.9 Å². The lowest BCUT2D eigenvalue weighted by Crippen LogP contribution is -2.26. The molecule has 0 spiro atoms. The van der Waals surface area contributed by atoms with Crippen molar-refractivity contribution in [1.29, 1.82) is 0 Å². The molecule has 6 heteroatoms. The van der Waals surface area contributed by atoms with Crippen LogP contribution in [0.15, 0.2) is 39.9 Å². The molecular formula is C14H13BrN2O3. The van der Waals surface area contributed by atoms with E-state index in [2.05, 4.69) is 20.9 Å². The van der Waals surface area contributed by atoms with Crippen molar-refractivity contribution in [2.45, 2.75) is 13.5 Å². The molecule has 0 N–H and O–H groups in total. The number of halogens is 1. The molecule has 1 aromatic carbocycles. The Morgan fingerprint density at radius 3 is 2.85 bits per heavy atom. The molecule has 20 heavy (non-hydrogen) atoms. The van der Waals surface area contributed by atoms with Crippen LogP contribution >= 0.6 is 15.9 Å². The second-order valence-corrected chi connectivity index (χ2v) is 5.17. The number of benzene rings is 1. The van der Waals surface area contributed by atoms with E-state index in [0.29, 0.717) is 15.8 Å². The monoisotopic (exact) mass is 336 g/mol. The molecule has 5 nitrogen and oxygen atoms in total. The summed E-state index contributed by atoms with van der Waals surface area (Å²) in [6.45, 7) is 1.78. The number of ether oxygens (including phenoxy) is 1. The fraction of sp³-hybridized carbons (Fsp3) is 0.214. The molecule has 0 aliphatic heterocycles. The number of aromatic nitrogens is 2. The molecule has 104 valence electrons. The quantitative estimate of drug-likeness (QED) is 0.803. The van der Waals surface area contributed by atoms with Crippen LogP contribution in [0.4, 0.5) is 0 Å². The molecule has 0 aliphatic rings. The summed E-state index contributed by atoms with van der Waals surface area (Å²) in [6, 6.07) is 5.05. The van der Waals surface area contributed by atoms with Gasteiger partial charge in [0, 0.05) is 18.0 Å². The van der Waals surface area contributed by atoms with Crippen molar-refractivity contribution in [3.8, 4) is 5.75 Å². The van der Waals surface area contributed by atoms with E-state index in [4.69, 9.17) is 4.74 Å². The Balaban J connectivity index is 2.26. The maximum Gasteiger partial charge on any atom is 0.347 e. The third-order valence-corrected chi connectivity index (χ3v) is 3.39. The van der Waals surface area contributed by atoms with E-state index in [-0.39, 0.29) is 12.3 Å². The van der Waals surface area contributed by atoms with Crippen molar-refractivity contribution < 1.29 is 9.53 Å². The molecule has 0 amide bonds. The highest BCUT2D eigenvalue weighted by Crippen LogP contribution is 2.25. The first-order valence-electron chi connectivity index (χ1n) is 5.91. The molecule has 0 bridgehead atoms. The highest BCUT2D eigenvalue weighted by molar-refractivity contribution is 9.10. The van der Waals surface area contributed by atoms with Crippen molar-refractivity contribution >= 4 is 21.7 Å². The van der Waals surface area contributed by atoms with Gasteiger partial charge in [-0.25, -0.2) is 9.78 Å². The first-order chi connectivity index (χ1) is 9.51. The van der Waals surface area contributed by atoms with Gasteiger partial charge in [0.1, 0.15) is 5.75 Å². The maximum atomic E-state index is 12.2. The number of hydrogen-bond donors (Lipinski definition) is 0. The zero-order valence-electron chi connectivity index (χ0n) is 11.1. The fourth-order valence-corrected chi connectivity index (χ4v) is 2.31. The topological polar surface area (TPSA) is 61.2 Å². The largest absolute Gasteiger partial charge is 0.496 e. The molecule has 2 rings (SSSR count). The van der Waals surface area contributed by atoms with E-state index in [1.54, 1.807) is 31.5 Å². The summed E-state index contributed by atoms with van der Waals surface area (Å²) in [5, 5.41) is 0. The van der Waals surface area contributed by atoms with E-state index in [1.165, 1.54) is 10.8 Å². The highest BCUT2D eigenvalue weighted by atomic mass is 79.9. The van der Waals surface area contributed by atoms with Gasteiger partial charge in [0.2, 0.25) is 0 Å². The Morgan fingerprint density at radius 2 is 2.20 bits per heavy atom. The summed E-state index contributed by atoms with van der Waals surface area (Å²) >= 11 is 3.33. The molecule has 0 aliphatic carbocycles. The van der Waals surface area contributed by atoms with Gasteiger partial charge in [0.25, 0.3) is 0 Å². The smallest absolute Gasteiger partial charge is 0.347 e. The number of rotatable bonds is 4. The SMILES string of the molecule is COc1ccc(C(=O)Cn2cc(C)cnc2=O)cc1Br. The number of nitrogens with zero attached hydrogens (tertiary/aromatic N) is 2. The summed E-state index contributed by atoms with van der Waals surface area (Å²) in [5.41, 5.74) is 0.899. The minimum Gasteiger partial charge on any atom is -0.496 e. The van der Waals surface area contributed by atoms with Crippen molar-refractivity contribution in [3.63, 3.8) is 0 Å². The average molecular weight is 337 g/mol. The van der Waals surface area contributed by atoms with Crippen LogP contribution in [0.3, 0.4) is 0 Å². The predicted molar refractivity (Wildman–Crippen MR) is 78.3 cm³/mol. The van der Waals surface area contributed by atoms with Gasteiger partial charge in [-0.3, -0.25) is 9.36 Å². The minimum atomic E-state index is -0.434. The number of Topliss-reactive ketones (excluding diaryl/α,β-unsaturated/α-hetero) is 1. The molecule has 1 aromatic heterocycles. The molecule has 0 unspecified atom stereocenters.